The highest BCUT2D eigenvalue weighted by Crippen LogP contribution is 2.45. The van der Waals surface area contributed by atoms with Crippen LogP contribution in [0.15, 0.2) is 24.3 Å². The van der Waals surface area contributed by atoms with E-state index in [1.54, 1.807) is 18.2 Å². The predicted molar refractivity (Wildman–Crippen MR) is 153 cm³/mol. The van der Waals surface area contributed by atoms with Gasteiger partial charge in [-0.1, -0.05) is 24.3 Å². The summed E-state index contributed by atoms with van der Waals surface area (Å²) in [5.41, 5.74) is 1.32. The standard InChI is InChI=1S/C35H44F4O3/c1-20(40)27-14-15-28(33(37)32(27)36)25-10-12-26(13-11-25)41-18-21-2-4-22(5-3-21)23-6-8-24(9-7-23)29-16-17-30(31-19-42-31)35(39)34(29)38/h14-17,20-26,31,40H,2-13,18-19H2,1H3. The largest absolute Gasteiger partial charge is 0.389 e. The summed E-state index contributed by atoms with van der Waals surface area (Å²) in [5.74, 6) is -1.10. The molecule has 3 aliphatic carbocycles. The summed E-state index contributed by atoms with van der Waals surface area (Å²) in [5, 5.41) is 9.65. The van der Waals surface area contributed by atoms with Crippen LogP contribution in [0.2, 0.25) is 0 Å². The van der Waals surface area contributed by atoms with E-state index in [1.165, 1.54) is 38.7 Å². The van der Waals surface area contributed by atoms with Gasteiger partial charge in [-0.2, -0.15) is 0 Å². The van der Waals surface area contributed by atoms with Gasteiger partial charge in [-0.05, 0) is 125 Å². The van der Waals surface area contributed by atoms with Crippen LogP contribution in [0.25, 0.3) is 0 Å². The molecule has 0 radical (unpaired) electrons. The molecule has 7 heteroatoms. The number of benzene rings is 2. The van der Waals surface area contributed by atoms with E-state index in [0.717, 1.165) is 58.0 Å². The highest BCUT2D eigenvalue weighted by molar-refractivity contribution is 5.32. The van der Waals surface area contributed by atoms with Gasteiger partial charge >= 0.3 is 0 Å². The zero-order chi connectivity index (χ0) is 29.4. The third-order valence-electron chi connectivity index (χ3n) is 10.9. The first-order chi connectivity index (χ1) is 20.3. The third kappa shape index (κ3) is 6.44. The molecule has 4 fully saturated rings. The van der Waals surface area contributed by atoms with Gasteiger partial charge in [0.25, 0.3) is 0 Å². The number of aliphatic hydroxyl groups excluding tert-OH is 1. The first-order valence-corrected chi connectivity index (χ1v) is 16.2. The second-order valence-corrected chi connectivity index (χ2v) is 13.4. The first kappa shape index (κ1) is 30.1. The molecule has 2 atom stereocenters. The summed E-state index contributed by atoms with van der Waals surface area (Å²) in [6, 6.07) is 6.64. The highest BCUT2D eigenvalue weighted by Gasteiger charge is 2.35. The van der Waals surface area contributed by atoms with Crippen LogP contribution in [-0.2, 0) is 9.47 Å². The molecule has 2 aromatic rings. The van der Waals surface area contributed by atoms with Crippen LogP contribution in [0.4, 0.5) is 17.6 Å². The molecular formula is C35H44F4O3. The van der Waals surface area contributed by atoms with E-state index in [1.807, 2.05) is 0 Å². The fourth-order valence-electron chi connectivity index (χ4n) is 8.13. The van der Waals surface area contributed by atoms with Crippen molar-refractivity contribution in [1.29, 1.82) is 0 Å². The lowest BCUT2D eigenvalue weighted by Gasteiger charge is -2.38. The third-order valence-corrected chi connectivity index (χ3v) is 10.9. The Morgan fingerprint density at radius 1 is 0.690 bits per heavy atom. The van der Waals surface area contributed by atoms with Gasteiger partial charge in [0.05, 0.1) is 18.8 Å². The van der Waals surface area contributed by atoms with Crippen molar-refractivity contribution in [1.82, 2.24) is 0 Å². The lowest BCUT2D eigenvalue weighted by Crippen LogP contribution is -2.29. The van der Waals surface area contributed by atoms with Crippen LogP contribution in [0, 0.1) is 41.0 Å². The molecule has 4 aliphatic rings. The average molecular weight is 589 g/mol. The number of halogens is 4. The van der Waals surface area contributed by atoms with Gasteiger partial charge < -0.3 is 14.6 Å². The Hall–Kier alpha value is -1.96. The Morgan fingerprint density at radius 3 is 1.74 bits per heavy atom. The van der Waals surface area contributed by atoms with Gasteiger partial charge in [0.1, 0.15) is 6.10 Å². The maximum atomic E-state index is 14.8. The summed E-state index contributed by atoms with van der Waals surface area (Å²) in [6.45, 7) is 2.69. The van der Waals surface area contributed by atoms with Crippen LogP contribution < -0.4 is 0 Å². The Bertz CT molecular complexity index is 1220. The lowest BCUT2D eigenvalue weighted by atomic mass is 9.68. The summed E-state index contributed by atoms with van der Waals surface area (Å²) in [7, 11) is 0. The fourth-order valence-corrected chi connectivity index (χ4v) is 8.13. The second-order valence-electron chi connectivity index (χ2n) is 13.4. The molecule has 0 bridgehead atoms. The lowest BCUT2D eigenvalue weighted by molar-refractivity contribution is -0.00763. The number of aliphatic hydroxyl groups is 1. The van der Waals surface area contributed by atoms with Crippen LogP contribution in [-0.4, -0.2) is 24.4 Å². The Labute approximate surface area is 247 Å². The molecule has 2 unspecified atom stereocenters. The molecule has 42 heavy (non-hydrogen) atoms. The van der Waals surface area contributed by atoms with Crippen molar-refractivity contribution in [3.63, 3.8) is 0 Å². The van der Waals surface area contributed by atoms with Crippen molar-refractivity contribution in [3.8, 4) is 0 Å². The Morgan fingerprint density at radius 2 is 1.17 bits per heavy atom. The molecule has 230 valence electrons. The van der Waals surface area contributed by atoms with Gasteiger partial charge in [0.15, 0.2) is 23.3 Å². The van der Waals surface area contributed by atoms with Crippen molar-refractivity contribution in [2.24, 2.45) is 17.8 Å². The van der Waals surface area contributed by atoms with Crippen molar-refractivity contribution in [2.75, 3.05) is 13.2 Å². The highest BCUT2D eigenvalue weighted by atomic mass is 19.2. The number of ether oxygens (including phenoxy) is 2. The molecule has 0 amide bonds. The Balaban J connectivity index is 0.909. The predicted octanol–water partition coefficient (Wildman–Crippen LogP) is 9.19. The van der Waals surface area contributed by atoms with Gasteiger partial charge in [0, 0.05) is 17.7 Å². The van der Waals surface area contributed by atoms with Gasteiger partial charge in [-0.25, -0.2) is 17.6 Å². The Kier molecular flexibility index (Phi) is 9.28. The van der Waals surface area contributed by atoms with E-state index in [4.69, 9.17) is 9.47 Å². The molecule has 6 rings (SSSR count). The number of hydrogen-bond acceptors (Lipinski definition) is 3. The van der Waals surface area contributed by atoms with Crippen LogP contribution in [0.5, 0.6) is 0 Å². The van der Waals surface area contributed by atoms with Crippen molar-refractivity contribution in [2.45, 2.75) is 114 Å². The van der Waals surface area contributed by atoms with E-state index < -0.39 is 29.4 Å². The molecule has 0 aromatic heterocycles. The van der Waals surface area contributed by atoms with E-state index in [2.05, 4.69) is 0 Å². The molecule has 1 aliphatic heterocycles. The second kappa shape index (κ2) is 13.0. The zero-order valence-electron chi connectivity index (χ0n) is 24.6. The molecule has 3 saturated carbocycles. The quantitative estimate of drug-likeness (QED) is 0.247. The molecular weight excluding hydrogens is 544 g/mol. The summed E-state index contributed by atoms with van der Waals surface area (Å²) >= 11 is 0. The maximum absolute atomic E-state index is 14.8. The van der Waals surface area contributed by atoms with Crippen molar-refractivity contribution in [3.05, 3.63) is 69.8 Å². The topological polar surface area (TPSA) is 42.0 Å². The van der Waals surface area contributed by atoms with Crippen LogP contribution in [0.3, 0.4) is 0 Å². The molecule has 0 spiro atoms. The monoisotopic (exact) mass is 588 g/mol. The number of epoxide rings is 1. The van der Waals surface area contributed by atoms with E-state index in [0.29, 0.717) is 41.1 Å². The van der Waals surface area contributed by atoms with Crippen LogP contribution >= 0.6 is 0 Å². The molecule has 3 nitrogen and oxygen atoms in total. The maximum Gasteiger partial charge on any atom is 0.165 e. The minimum Gasteiger partial charge on any atom is -0.389 e. The number of rotatable bonds is 8. The molecule has 2 aromatic carbocycles. The minimum absolute atomic E-state index is 0.00762. The first-order valence-electron chi connectivity index (χ1n) is 16.2. The minimum atomic E-state index is -1.03. The van der Waals surface area contributed by atoms with Crippen molar-refractivity contribution >= 4 is 0 Å². The van der Waals surface area contributed by atoms with E-state index in [-0.39, 0.29) is 29.6 Å². The van der Waals surface area contributed by atoms with Crippen LogP contribution in [0.1, 0.15) is 130 Å². The van der Waals surface area contributed by atoms with Gasteiger partial charge in [-0.15, -0.1) is 0 Å². The van der Waals surface area contributed by atoms with Gasteiger partial charge in [0.2, 0.25) is 0 Å². The zero-order valence-corrected chi connectivity index (χ0v) is 24.6. The van der Waals surface area contributed by atoms with Gasteiger partial charge in [-0.3, -0.25) is 0 Å². The summed E-state index contributed by atoms with van der Waals surface area (Å²) < 4.78 is 69.9. The molecule has 1 saturated heterocycles. The molecule has 1 heterocycles. The van der Waals surface area contributed by atoms with E-state index >= 15 is 0 Å². The number of hydrogen-bond donors (Lipinski definition) is 1. The van der Waals surface area contributed by atoms with Crippen molar-refractivity contribution < 1.29 is 32.1 Å². The smallest absolute Gasteiger partial charge is 0.165 e. The SMILES string of the molecule is CC(O)c1ccc(C2CCC(OCC3CCC(C4CCC(c5ccc(C6CO6)c(F)c5F)CC4)CC3)CC2)c(F)c1F. The molecule has 1 N–H and O–H groups in total. The average Bonchev–Trinajstić information content (AvgIpc) is 3.85. The summed E-state index contributed by atoms with van der Waals surface area (Å²) in [6.07, 6.45) is 10.9. The fraction of sp³-hybridized carbons (Fsp3) is 0.657. The van der Waals surface area contributed by atoms with E-state index in [9.17, 15) is 22.7 Å². The summed E-state index contributed by atoms with van der Waals surface area (Å²) in [4.78, 5) is 0. The normalized spacial score (nSPS) is 32.5.